The maximum Gasteiger partial charge on any atom is 0.228 e. The standard InChI is InChI=1S/C26H32N2O5/c1-3-31-22-10-6-5-9-21(22)28-18-19(17-25(28)29)26(30)27-15-13-20(14-16-27)33-24-12-8-7-11-23(24)32-4-2/h5-12,19-20H,3-4,13-18H2,1-2H3. The lowest BCUT2D eigenvalue weighted by Gasteiger charge is -2.33. The predicted molar refractivity (Wildman–Crippen MR) is 126 cm³/mol. The van der Waals surface area contributed by atoms with Gasteiger partial charge in [0.05, 0.1) is 24.8 Å². The summed E-state index contributed by atoms with van der Waals surface area (Å²) in [5.41, 5.74) is 0.736. The summed E-state index contributed by atoms with van der Waals surface area (Å²) in [4.78, 5) is 29.5. The molecule has 1 atom stereocenters. The van der Waals surface area contributed by atoms with Crippen LogP contribution in [-0.4, -0.2) is 55.7 Å². The van der Waals surface area contributed by atoms with Crippen molar-refractivity contribution in [2.45, 2.75) is 39.2 Å². The van der Waals surface area contributed by atoms with E-state index in [2.05, 4.69) is 0 Å². The molecule has 2 saturated heterocycles. The Hall–Kier alpha value is -3.22. The van der Waals surface area contributed by atoms with E-state index in [1.54, 1.807) is 4.90 Å². The van der Waals surface area contributed by atoms with Gasteiger partial charge >= 0.3 is 0 Å². The highest BCUT2D eigenvalue weighted by Gasteiger charge is 2.39. The molecular weight excluding hydrogens is 420 g/mol. The van der Waals surface area contributed by atoms with Gasteiger partial charge in [0.15, 0.2) is 11.5 Å². The van der Waals surface area contributed by atoms with Crippen molar-refractivity contribution in [1.82, 2.24) is 4.90 Å². The number of nitrogens with zero attached hydrogens (tertiary/aromatic N) is 2. The first kappa shape index (κ1) is 23.0. The van der Waals surface area contributed by atoms with E-state index in [4.69, 9.17) is 14.2 Å². The molecule has 1 unspecified atom stereocenters. The average Bonchev–Trinajstić information content (AvgIpc) is 3.22. The van der Waals surface area contributed by atoms with E-state index in [1.165, 1.54) is 0 Å². The summed E-state index contributed by atoms with van der Waals surface area (Å²) in [7, 11) is 0. The Morgan fingerprint density at radius 1 is 0.909 bits per heavy atom. The van der Waals surface area contributed by atoms with Crippen LogP contribution in [0.3, 0.4) is 0 Å². The van der Waals surface area contributed by atoms with Crippen molar-refractivity contribution in [2.75, 3.05) is 37.7 Å². The van der Waals surface area contributed by atoms with Crippen LogP contribution in [0, 0.1) is 5.92 Å². The highest BCUT2D eigenvalue weighted by Crippen LogP contribution is 2.34. The Morgan fingerprint density at radius 3 is 2.21 bits per heavy atom. The molecule has 4 rings (SSSR count). The second kappa shape index (κ2) is 10.6. The number of ether oxygens (including phenoxy) is 3. The van der Waals surface area contributed by atoms with Crippen molar-refractivity contribution in [3.8, 4) is 17.2 Å². The number of carbonyl (C=O) groups excluding carboxylic acids is 2. The Morgan fingerprint density at radius 2 is 1.52 bits per heavy atom. The van der Waals surface area contributed by atoms with Gasteiger partial charge < -0.3 is 24.0 Å². The van der Waals surface area contributed by atoms with Crippen molar-refractivity contribution in [3.63, 3.8) is 0 Å². The summed E-state index contributed by atoms with van der Waals surface area (Å²) in [6.07, 6.45) is 1.78. The van der Waals surface area contributed by atoms with Gasteiger partial charge in [-0.05, 0) is 38.1 Å². The van der Waals surface area contributed by atoms with Gasteiger partial charge in [-0.2, -0.15) is 0 Å². The molecule has 0 aromatic heterocycles. The van der Waals surface area contributed by atoms with Gasteiger partial charge in [0.1, 0.15) is 11.9 Å². The molecule has 2 aliphatic rings. The number of piperidine rings is 1. The summed E-state index contributed by atoms with van der Waals surface area (Å²) in [6, 6.07) is 15.2. The van der Waals surface area contributed by atoms with Crippen LogP contribution < -0.4 is 19.1 Å². The zero-order valence-corrected chi connectivity index (χ0v) is 19.4. The van der Waals surface area contributed by atoms with Crippen LogP contribution in [0.15, 0.2) is 48.5 Å². The predicted octanol–water partition coefficient (Wildman–Crippen LogP) is 3.91. The van der Waals surface area contributed by atoms with Crippen molar-refractivity contribution in [1.29, 1.82) is 0 Å². The van der Waals surface area contributed by atoms with Crippen molar-refractivity contribution < 1.29 is 23.8 Å². The van der Waals surface area contributed by atoms with Gasteiger partial charge in [0, 0.05) is 38.9 Å². The van der Waals surface area contributed by atoms with E-state index in [1.807, 2.05) is 67.3 Å². The van der Waals surface area contributed by atoms with Crippen LogP contribution in [0.25, 0.3) is 0 Å². The van der Waals surface area contributed by atoms with Crippen LogP contribution in [0.1, 0.15) is 33.1 Å². The third-order valence-corrected chi connectivity index (χ3v) is 6.13. The molecule has 0 radical (unpaired) electrons. The highest BCUT2D eigenvalue weighted by molar-refractivity contribution is 6.01. The number of carbonyl (C=O) groups is 2. The molecule has 2 amide bonds. The molecule has 0 saturated carbocycles. The smallest absolute Gasteiger partial charge is 0.228 e. The fraction of sp³-hybridized carbons (Fsp3) is 0.462. The largest absolute Gasteiger partial charge is 0.492 e. The number of likely N-dealkylation sites (tertiary alicyclic amines) is 1. The summed E-state index contributed by atoms with van der Waals surface area (Å²) >= 11 is 0. The monoisotopic (exact) mass is 452 g/mol. The molecule has 0 bridgehead atoms. The third-order valence-electron chi connectivity index (χ3n) is 6.13. The molecule has 0 spiro atoms. The van der Waals surface area contributed by atoms with E-state index in [9.17, 15) is 9.59 Å². The molecule has 7 nitrogen and oxygen atoms in total. The molecule has 2 heterocycles. The average molecular weight is 453 g/mol. The lowest BCUT2D eigenvalue weighted by Crippen LogP contribution is -2.44. The Labute approximate surface area is 195 Å². The van der Waals surface area contributed by atoms with Gasteiger partial charge in [-0.1, -0.05) is 24.3 Å². The number of benzene rings is 2. The van der Waals surface area contributed by atoms with Crippen LogP contribution in [0.4, 0.5) is 5.69 Å². The molecule has 0 N–H and O–H groups in total. The van der Waals surface area contributed by atoms with Crippen molar-refractivity contribution in [3.05, 3.63) is 48.5 Å². The Balaban J connectivity index is 1.34. The van der Waals surface area contributed by atoms with E-state index in [-0.39, 0.29) is 30.3 Å². The summed E-state index contributed by atoms with van der Waals surface area (Å²) in [5.74, 6) is 1.85. The van der Waals surface area contributed by atoms with Crippen LogP contribution in [0.2, 0.25) is 0 Å². The molecule has 2 aromatic rings. The summed E-state index contributed by atoms with van der Waals surface area (Å²) < 4.78 is 17.5. The fourth-order valence-corrected chi connectivity index (χ4v) is 4.52. The maximum atomic E-state index is 13.2. The topological polar surface area (TPSA) is 68.3 Å². The van der Waals surface area contributed by atoms with Gasteiger partial charge in [0.25, 0.3) is 0 Å². The molecule has 2 aromatic carbocycles. The van der Waals surface area contributed by atoms with Crippen molar-refractivity contribution in [2.24, 2.45) is 5.92 Å². The number of hydrogen-bond acceptors (Lipinski definition) is 5. The molecule has 176 valence electrons. The zero-order chi connectivity index (χ0) is 23.2. The molecule has 7 heteroatoms. The molecular formula is C26H32N2O5. The van der Waals surface area contributed by atoms with Gasteiger partial charge in [0.2, 0.25) is 11.8 Å². The minimum absolute atomic E-state index is 0.0359. The number of hydrogen-bond donors (Lipinski definition) is 0. The third kappa shape index (κ3) is 5.24. The SMILES string of the molecule is CCOc1ccccc1OC1CCN(C(=O)C2CC(=O)N(c3ccccc3OCC)C2)CC1. The fourth-order valence-electron chi connectivity index (χ4n) is 4.52. The first-order chi connectivity index (χ1) is 16.1. The Bertz CT molecular complexity index is 971. The van der Waals surface area contributed by atoms with Crippen LogP contribution in [-0.2, 0) is 9.59 Å². The van der Waals surface area contributed by atoms with E-state index in [0.29, 0.717) is 38.6 Å². The second-order valence-electron chi connectivity index (χ2n) is 8.33. The molecule has 2 fully saturated rings. The Kier molecular flexibility index (Phi) is 7.37. The quantitative estimate of drug-likeness (QED) is 0.608. The molecule has 0 aliphatic carbocycles. The number of rotatable bonds is 8. The van der Waals surface area contributed by atoms with E-state index < -0.39 is 0 Å². The first-order valence-electron chi connectivity index (χ1n) is 11.8. The first-order valence-corrected chi connectivity index (χ1v) is 11.8. The van der Waals surface area contributed by atoms with Gasteiger partial charge in [-0.3, -0.25) is 9.59 Å². The summed E-state index contributed by atoms with van der Waals surface area (Å²) in [6.45, 7) is 6.61. The number of anilines is 1. The number of amides is 2. The molecule has 33 heavy (non-hydrogen) atoms. The maximum absolute atomic E-state index is 13.2. The summed E-state index contributed by atoms with van der Waals surface area (Å²) in [5, 5.41) is 0. The highest BCUT2D eigenvalue weighted by atomic mass is 16.5. The lowest BCUT2D eigenvalue weighted by atomic mass is 10.0. The van der Waals surface area contributed by atoms with Gasteiger partial charge in [-0.15, -0.1) is 0 Å². The zero-order valence-electron chi connectivity index (χ0n) is 19.4. The van der Waals surface area contributed by atoms with E-state index >= 15 is 0 Å². The number of para-hydroxylation sites is 4. The normalized spacial score (nSPS) is 19.0. The van der Waals surface area contributed by atoms with Crippen LogP contribution >= 0.6 is 0 Å². The van der Waals surface area contributed by atoms with Crippen molar-refractivity contribution >= 4 is 17.5 Å². The van der Waals surface area contributed by atoms with Gasteiger partial charge in [-0.25, -0.2) is 0 Å². The minimum Gasteiger partial charge on any atom is -0.492 e. The lowest BCUT2D eigenvalue weighted by molar-refractivity contribution is -0.137. The van der Waals surface area contributed by atoms with E-state index in [0.717, 1.165) is 30.0 Å². The van der Waals surface area contributed by atoms with Crippen LogP contribution in [0.5, 0.6) is 17.2 Å². The second-order valence-corrected chi connectivity index (χ2v) is 8.33. The minimum atomic E-state index is -0.330. The molecule has 2 aliphatic heterocycles.